The summed E-state index contributed by atoms with van der Waals surface area (Å²) in [6.45, 7) is 12.7. The first-order valence-corrected chi connectivity index (χ1v) is 31.6. The van der Waals surface area contributed by atoms with Gasteiger partial charge in [-0.05, 0) is 122 Å². The molecule has 1 rings (SSSR count). The number of nitrogens with one attached hydrogen (secondary N) is 11. The smallest absolute Gasteiger partial charge is 0.261 e. The van der Waals surface area contributed by atoms with E-state index in [2.05, 4.69) is 72.3 Å². The molecule has 502 valence electrons. The third-order valence-electron chi connectivity index (χ3n) is 13.3. The molecule has 33 heteroatoms. The average Bonchev–Trinajstić information content (AvgIpc) is 2.58. The van der Waals surface area contributed by atoms with Crippen molar-refractivity contribution >= 4 is 75.1 Å². The van der Waals surface area contributed by atoms with E-state index < -0.39 is 161 Å². The molecule has 1 aliphatic rings. The van der Waals surface area contributed by atoms with Gasteiger partial charge in [-0.3, -0.25) is 57.3 Å². The summed E-state index contributed by atoms with van der Waals surface area (Å²) >= 11 is 0. The van der Waals surface area contributed by atoms with Gasteiger partial charge in [0.1, 0.15) is 60.4 Å². The molecule has 1 aliphatic heterocycles. The highest BCUT2D eigenvalue weighted by molar-refractivity contribution is 7.85. The van der Waals surface area contributed by atoms with Crippen molar-refractivity contribution in [2.45, 2.75) is 211 Å². The molecule has 12 unspecified atom stereocenters. The second-order valence-electron chi connectivity index (χ2n) is 23.0. The Morgan fingerprint density at radius 2 is 1.01 bits per heavy atom. The zero-order valence-corrected chi connectivity index (χ0v) is 52.9. The third-order valence-corrected chi connectivity index (χ3v) is 13.3. The first-order chi connectivity index (χ1) is 40.6. The van der Waals surface area contributed by atoms with Gasteiger partial charge in [0, 0.05) is 13.0 Å². The highest BCUT2D eigenvalue weighted by Crippen LogP contribution is 2.13. The van der Waals surface area contributed by atoms with Crippen LogP contribution in [-0.4, -0.2) is 206 Å². The van der Waals surface area contributed by atoms with E-state index in [0.29, 0.717) is 18.6 Å². The number of unbranched alkanes of at least 4 members (excludes halogenated alkanes) is 2. The second kappa shape index (κ2) is 42.6. The van der Waals surface area contributed by atoms with E-state index in [1.807, 2.05) is 0 Å². The molecule has 0 aromatic carbocycles. The summed E-state index contributed by atoms with van der Waals surface area (Å²) < 4.78 is 25.9. The van der Waals surface area contributed by atoms with Crippen molar-refractivity contribution in [2.24, 2.45) is 46.4 Å². The van der Waals surface area contributed by atoms with Crippen LogP contribution in [0.15, 0.2) is 0 Å². The lowest BCUT2D eigenvalue weighted by molar-refractivity contribution is -0.137. The highest BCUT2D eigenvalue weighted by atomic mass is 32.2. The second-order valence-corrected chi connectivity index (χ2v) is 24.4. The molecule has 0 aliphatic carbocycles. The lowest BCUT2D eigenvalue weighted by atomic mass is 9.99. The fourth-order valence-corrected chi connectivity index (χ4v) is 8.80. The predicted octanol–water partition coefficient (Wildman–Crippen LogP) is -5.94. The Morgan fingerprint density at radius 1 is 0.575 bits per heavy atom. The van der Waals surface area contributed by atoms with E-state index in [1.54, 1.807) is 27.7 Å². The molecule has 0 aromatic heterocycles. The van der Waals surface area contributed by atoms with Crippen molar-refractivity contribution in [2.75, 3.05) is 45.5 Å². The summed E-state index contributed by atoms with van der Waals surface area (Å²) in [6.07, 6.45) is -0.0338. The van der Waals surface area contributed by atoms with Crippen LogP contribution in [0.2, 0.25) is 0 Å². The molecule has 87 heavy (non-hydrogen) atoms. The van der Waals surface area contributed by atoms with E-state index in [0.717, 1.165) is 19.3 Å². The first-order valence-electron chi connectivity index (χ1n) is 29.7. The van der Waals surface area contributed by atoms with Gasteiger partial charge in [0.25, 0.3) is 10.1 Å². The van der Waals surface area contributed by atoms with Crippen molar-refractivity contribution in [1.29, 1.82) is 0 Å². The Balaban J connectivity index is 0.0000141. The standard InChI is InChI=1S/C53H100N16O13.CH4O3S/c1-28(2)12-10-9-11-13-41(72)60-33(14-20-54)48(77)69-43(32(8)71)53(82)65-36(17-23-57)45(74)64-38-19-25-59-52(81)42(31(7)70)68-49(78)37(18-24-58)62-44(73)34(15-21-55)63-50(79)39(26-29(3)4)67-51(80)40(27-30(5)6)66-46(75)35(16-22-56)61-47(38)76;1-5(2,3)4/h28-40,42-43,70-71H,9-27,54-58H2,1-8H3,(H,59,81)(H,60,72)(H,61,76)(H,62,73)(H,63,79)(H,64,74)(H,65,82)(H,66,75)(H,67,80)(H,68,78)(H,69,77);1H3,(H,2,3,4)/i45+3,64+3;. The number of rotatable bonds is 29. The number of carbonyl (C=O) groups excluding carboxylic acids is 11. The van der Waals surface area contributed by atoms with Crippen molar-refractivity contribution in [3.63, 3.8) is 0 Å². The van der Waals surface area contributed by atoms with E-state index in [4.69, 9.17) is 33.2 Å². The van der Waals surface area contributed by atoms with Gasteiger partial charge < -0.3 is 97.4 Å². The number of nitrogens with two attached hydrogens (primary N) is 5. The van der Waals surface area contributed by atoms with Crippen LogP contribution < -0.4 is 87.2 Å². The number of carbonyl (C=O) groups is 11. The van der Waals surface area contributed by atoms with Crippen molar-refractivity contribution in [3.8, 4) is 0 Å². The lowest BCUT2D eigenvalue weighted by Gasteiger charge is -2.29. The van der Waals surface area contributed by atoms with Crippen molar-refractivity contribution < 1.29 is 75.9 Å². The molecule has 0 radical (unpaired) electrons. The average molecular weight is 1270 g/mol. The van der Waals surface area contributed by atoms with Gasteiger partial charge in [-0.1, -0.05) is 60.8 Å². The normalized spacial score (nSPS) is 22.4. The Bertz CT molecular complexity index is 2310. The van der Waals surface area contributed by atoms with Crippen LogP contribution in [0.1, 0.15) is 139 Å². The molecule has 0 bridgehead atoms. The predicted molar refractivity (Wildman–Crippen MR) is 323 cm³/mol. The van der Waals surface area contributed by atoms with Crippen LogP contribution in [0, 0.1) is 17.8 Å². The van der Waals surface area contributed by atoms with Crippen LogP contribution in [-0.2, 0) is 62.9 Å². The summed E-state index contributed by atoms with van der Waals surface area (Å²) in [6, 6.07) is -14.5. The zero-order valence-electron chi connectivity index (χ0n) is 52.0. The maximum Gasteiger partial charge on any atom is 0.261 e. The summed E-state index contributed by atoms with van der Waals surface area (Å²) in [4.78, 5) is 153. The summed E-state index contributed by atoms with van der Waals surface area (Å²) in [5.74, 6) is -9.47. The summed E-state index contributed by atoms with van der Waals surface area (Å²) in [7, 11) is -3.67. The number of aliphatic hydroxyl groups is 2. The third kappa shape index (κ3) is 34.2. The van der Waals surface area contributed by atoms with Gasteiger partial charge in [-0.25, -0.2) is 0 Å². The van der Waals surface area contributed by atoms with Crippen LogP contribution in [0.4, 0.5) is 0 Å². The highest BCUT2D eigenvalue weighted by Gasteiger charge is 2.37. The largest absolute Gasteiger partial charge is 0.391 e. The minimum atomic E-state index is -3.67. The van der Waals surface area contributed by atoms with Gasteiger partial charge >= 0.3 is 0 Å². The Kier molecular flexibility index (Phi) is 39.6. The number of amides is 11. The van der Waals surface area contributed by atoms with Crippen LogP contribution in [0.3, 0.4) is 0 Å². The molecule has 1 saturated heterocycles. The Morgan fingerprint density at radius 3 is 1.43 bits per heavy atom. The summed E-state index contributed by atoms with van der Waals surface area (Å²) in [5.41, 5.74) is 29.2. The van der Waals surface area contributed by atoms with Gasteiger partial charge in [0.15, 0.2) is 0 Å². The fourth-order valence-electron chi connectivity index (χ4n) is 8.80. The molecule has 0 spiro atoms. The van der Waals surface area contributed by atoms with Crippen molar-refractivity contribution in [1.82, 2.24) is 58.5 Å². The molecule has 0 aromatic rings. The minimum absolute atomic E-state index is 0.0126. The van der Waals surface area contributed by atoms with E-state index in [9.17, 15) is 71.4 Å². The van der Waals surface area contributed by atoms with Crippen LogP contribution in [0.5, 0.6) is 0 Å². The van der Waals surface area contributed by atoms with Crippen LogP contribution >= 0.6 is 0 Å². The zero-order chi connectivity index (χ0) is 66.7. The molecular weight excluding hydrogens is 1170 g/mol. The molecule has 1 heterocycles. The molecule has 32 nitrogen and oxygen atoms in total. The lowest BCUT2D eigenvalue weighted by Crippen LogP contribution is -2.62. The van der Waals surface area contributed by atoms with Gasteiger partial charge in [0.05, 0.1) is 18.5 Å². The molecule has 0 saturated carbocycles. The molecular formula is C54H104N16O16S. The molecule has 11 amide bonds. The van der Waals surface area contributed by atoms with Gasteiger partial charge in [-0.15, -0.1) is 0 Å². The quantitative estimate of drug-likeness (QED) is 0.0245. The first kappa shape index (κ1) is 80.8. The number of hydrogen-bond donors (Lipinski definition) is 19. The Hall–Kier alpha value is -6.20. The fraction of sp³-hybridized carbons (Fsp3) is 0.796. The van der Waals surface area contributed by atoms with E-state index >= 15 is 0 Å². The Labute approximate surface area is 511 Å². The number of hydrogen-bond acceptors (Lipinski definition) is 20. The van der Waals surface area contributed by atoms with E-state index in [-0.39, 0.29) is 95.9 Å². The molecule has 24 N–H and O–H groups in total. The van der Waals surface area contributed by atoms with Crippen LogP contribution in [0.25, 0.3) is 0 Å². The number of aliphatic hydroxyl groups excluding tert-OH is 2. The minimum Gasteiger partial charge on any atom is -0.391 e. The maximum atomic E-state index is 14.4. The topological polar surface area (TPSA) is 545 Å². The van der Waals surface area contributed by atoms with Gasteiger partial charge in [-0.2, -0.15) is 8.42 Å². The van der Waals surface area contributed by atoms with E-state index in [1.165, 1.54) is 13.8 Å². The SMILES string of the molecule is CC(C)CCCCCC(=O)NC(CCN)C(=O)NC(C(=O)NC(CCN)[15C](=O)[17NH]C1CCNC(=O)C(C(C)O)NC(=O)C(CCN)NC(=O)C(CCN)NC(=O)C(CC(C)C)NC(=O)C(CC(C)C)NC(=O)C(CCN)NC1=O)C(C)O.CS(=O)(=O)O. The van der Waals surface area contributed by atoms with Gasteiger partial charge in [0.2, 0.25) is 65.0 Å². The molecule has 12 atom stereocenters. The maximum absolute atomic E-state index is 14.4. The summed E-state index contributed by atoms with van der Waals surface area (Å²) in [5, 5.41) is 49.5. The molecule has 1 fully saturated rings. The monoisotopic (exact) mass is 1270 g/mol. The van der Waals surface area contributed by atoms with Crippen molar-refractivity contribution in [3.05, 3.63) is 0 Å².